The Kier molecular flexibility index (Phi) is 2.71. The lowest BCUT2D eigenvalue weighted by molar-refractivity contribution is 0.552. The van der Waals surface area contributed by atoms with Crippen LogP contribution in [0.25, 0.3) is 23.6 Å². The molecule has 3 rings (SSSR count). The summed E-state index contributed by atoms with van der Waals surface area (Å²) < 4.78 is 10.7. The quantitative estimate of drug-likeness (QED) is 0.703. The highest BCUT2D eigenvalue weighted by molar-refractivity contribution is 5.63. The van der Waals surface area contributed by atoms with E-state index in [1.807, 2.05) is 24.3 Å². The Morgan fingerprint density at radius 2 is 1.89 bits per heavy atom. The predicted octanol–water partition coefficient (Wildman–Crippen LogP) is 2.90. The van der Waals surface area contributed by atoms with Gasteiger partial charge in [-0.25, -0.2) is 0 Å². The standard InChI is InChI=1S/C13H9N3O2/c1-2-11(17-9-1)3-4-12-15-16-13(18-12)10-5-7-14-8-6-10/h1-9H. The second kappa shape index (κ2) is 4.67. The molecule has 0 aliphatic rings. The smallest absolute Gasteiger partial charge is 0.248 e. The van der Waals surface area contributed by atoms with Crippen LogP contribution >= 0.6 is 0 Å². The van der Waals surface area contributed by atoms with E-state index in [1.165, 1.54) is 0 Å². The number of hydrogen-bond donors (Lipinski definition) is 0. The second-order valence-corrected chi connectivity index (χ2v) is 3.53. The first kappa shape index (κ1) is 10.5. The van der Waals surface area contributed by atoms with Crippen LogP contribution in [-0.4, -0.2) is 15.2 Å². The van der Waals surface area contributed by atoms with E-state index in [1.54, 1.807) is 30.8 Å². The Morgan fingerprint density at radius 1 is 1.00 bits per heavy atom. The van der Waals surface area contributed by atoms with Gasteiger partial charge in [0.25, 0.3) is 0 Å². The highest BCUT2D eigenvalue weighted by Crippen LogP contribution is 2.17. The molecule has 0 saturated heterocycles. The molecule has 3 aromatic heterocycles. The Bertz CT molecular complexity index is 642. The Labute approximate surface area is 103 Å². The van der Waals surface area contributed by atoms with E-state index in [9.17, 15) is 0 Å². The highest BCUT2D eigenvalue weighted by atomic mass is 16.4. The molecule has 0 spiro atoms. The number of rotatable bonds is 3. The molecule has 3 aromatic rings. The fourth-order valence-electron chi connectivity index (χ4n) is 1.45. The van der Waals surface area contributed by atoms with Crippen LogP contribution < -0.4 is 0 Å². The van der Waals surface area contributed by atoms with Gasteiger partial charge in [0.2, 0.25) is 11.8 Å². The minimum absolute atomic E-state index is 0.429. The zero-order valence-corrected chi connectivity index (χ0v) is 9.35. The molecule has 0 aliphatic carbocycles. The molecule has 18 heavy (non-hydrogen) atoms. The van der Waals surface area contributed by atoms with Crippen molar-refractivity contribution in [1.82, 2.24) is 15.2 Å². The first-order valence-electron chi connectivity index (χ1n) is 5.37. The lowest BCUT2D eigenvalue weighted by atomic mass is 10.3. The molecule has 0 radical (unpaired) electrons. The van der Waals surface area contributed by atoms with E-state index in [-0.39, 0.29) is 0 Å². The van der Waals surface area contributed by atoms with Crippen molar-refractivity contribution in [2.45, 2.75) is 0 Å². The number of hydrogen-bond acceptors (Lipinski definition) is 5. The van der Waals surface area contributed by atoms with Gasteiger partial charge < -0.3 is 8.83 Å². The van der Waals surface area contributed by atoms with Gasteiger partial charge in [0.15, 0.2) is 0 Å². The molecule has 0 aromatic carbocycles. The summed E-state index contributed by atoms with van der Waals surface area (Å²) in [5.41, 5.74) is 0.843. The lowest BCUT2D eigenvalue weighted by Gasteiger charge is -1.90. The molecule has 0 unspecified atom stereocenters. The van der Waals surface area contributed by atoms with Crippen molar-refractivity contribution >= 4 is 12.2 Å². The molecule has 0 bridgehead atoms. The monoisotopic (exact) mass is 239 g/mol. The number of nitrogens with zero attached hydrogens (tertiary/aromatic N) is 3. The van der Waals surface area contributed by atoms with Gasteiger partial charge in [-0.15, -0.1) is 10.2 Å². The fraction of sp³-hybridized carbons (Fsp3) is 0. The Morgan fingerprint density at radius 3 is 2.67 bits per heavy atom. The molecule has 0 fully saturated rings. The average Bonchev–Trinajstić information content (AvgIpc) is 3.09. The number of pyridine rings is 1. The molecular formula is C13H9N3O2. The topological polar surface area (TPSA) is 65.0 Å². The van der Waals surface area contributed by atoms with E-state index in [0.29, 0.717) is 11.8 Å². The van der Waals surface area contributed by atoms with E-state index < -0.39 is 0 Å². The fourth-order valence-corrected chi connectivity index (χ4v) is 1.45. The number of aromatic nitrogens is 3. The van der Waals surface area contributed by atoms with E-state index >= 15 is 0 Å². The summed E-state index contributed by atoms with van der Waals surface area (Å²) in [4.78, 5) is 3.93. The van der Waals surface area contributed by atoms with Gasteiger partial charge in [-0.1, -0.05) is 0 Å². The Hall–Kier alpha value is -2.69. The van der Waals surface area contributed by atoms with Crippen LogP contribution in [0.4, 0.5) is 0 Å². The number of furan rings is 1. The third-order valence-electron chi connectivity index (χ3n) is 2.30. The normalized spacial score (nSPS) is 11.1. The first-order valence-corrected chi connectivity index (χ1v) is 5.37. The van der Waals surface area contributed by atoms with E-state index in [0.717, 1.165) is 11.3 Å². The summed E-state index contributed by atoms with van der Waals surface area (Å²) in [6, 6.07) is 7.29. The van der Waals surface area contributed by atoms with Crippen LogP contribution in [-0.2, 0) is 0 Å². The van der Waals surface area contributed by atoms with Crippen molar-refractivity contribution in [3.8, 4) is 11.5 Å². The maximum atomic E-state index is 5.49. The summed E-state index contributed by atoms with van der Waals surface area (Å²) in [5.74, 6) is 1.63. The van der Waals surface area contributed by atoms with Gasteiger partial charge in [0.1, 0.15) is 5.76 Å². The van der Waals surface area contributed by atoms with Crippen LogP contribution in [0.15, 0.2) is 51.8 Å². The van der Waals surface area contributed by atoms with Crippen molar-refractivity contribution in [2.24, 2.45) is 0 Å². The highest BCUT2D eigenvalue weighted by Gasteiger charge is 2.05. The SMILES string of the molecule is C(=Cc1nnc(-c2ccncc2)o1)c1ccco1. The molecule has 0 amide bonds. The van der Waals surface area contributed by atoms with Crippen molar-refractivity contribution in [3.05, 3.63) is 54.6 Å². The summed E-state index contributed by atoms with van der Waals surface area (Å²) in [7, 11) is 0. The van der Waals surface area contributed by atoms with Crippen molar-refractivity contribution in [1.29, 1.82) is 0 Å². The molecular weight excluding hydrogens is 230 g/mol. The third kappa shape index (κ3) is 2.20. The molecule has 5 heteroatoms. The van der Waals surface area contributed by atoms with Gasteiger partial charge in [-0.2, -0.15) is 0 Å². The molecule has 5 nitrogen and oxygen atoms in total. The minimum atomic E-state index is 0.429. The van der Waals surface area contributed by atoms with Gasteiger partial charge in [0.05, 0.1) is 6.26 Å². The zero-order valence-electron chi connectivity index (χ0n) is 9.35. The van der Waals surface area contributed by atoms with Crippen molar-refractivity contribution < 1.29 is 8.83 Å². The summed E-state index contributed by atoms with van der Waals surface area (Å²) in [5, 5.41) is 7.89. The molecule has 0 aliphatic heterocycles. The van der Waals surface area contributed by atoms with Crippen LogP contribution in [0.2, 0.25) is 0 Å². The van der Waals surface area contributed by atoms with Crippen molar-refractivity contribution in [3.63, 3.8) is 0 Å². The van der Waals surface area contributed by atoms with Gasteiger partial charge in [0, 0.05) is 24.0 Å². The largest absolute Gasteiger partial charge is 0.465 e. The molecule has 3 heterocycles. The minimum Gasteiger partial charge on any atom is -0.465 e. The van der Waals surface area contributed by atoms with E-state index in [4.69, 9.17) is 8.83 Å². The van der Waals surface area contributed by atoms with Crippen molar-refractivity contribution in [2.75, 3.05) is 0 Å². The first-order chi connectivity index (χ1) is 8.92. The lowest BCUT2D eigenvalue weighted by Crippen LogP contribution is -1.77. The average molecular weight is 239 g/mol. The van der Waals surface area contributed by atoms with Crippen LogP contribution in [0.3, 0.4) is 0 Å². The maximum absolute atomic E-state index is 5.49. The summed E-state index contributed by atoms with van der Waals surface area (Å²) in [6.45, 7) is 0. The second-order valence-electron chi connectivity index (χ2n) is 3.53. The van der Waals surface area contributed by atoms with Gasteiger partial charge in [-0.05, 0) is 30.3 Å². The molecule has 0 saturated carbocycles. The predicted molar refractivity (Wildman–Crippen MR) is 65.2 cm³/mol. The van der Waals surface area contributed by atoms with Crippen LogP contribution in [0.5, 0.6) is 0 Å². The maximum Gasteiger partial charge on any atom is 0.248 e. The summed E-state index contributed by atoms with van der Waals surface area (Å²) in [6.07, 6.45) is 8.44. The third-order valence-corrected chi connectivity index (χ3v) is 2.30. The van der Waals surface area contributed by atoms with Gasteiger partial charge in [-0.3, -0.25) is 4.98 Å². The molecule has 0 N–H and O–H groups in total. The molecule has 0 atom stereocenters. The van der Waals surface area contributed by atoms with Crippen LogP contribution in [0.1, 0.15) is 11.7 Å². The Balaban J connectivity index is 1.82. The molecule has 88 valence electrons. The van der Waals surface area contributed by atoms with Gasteiger partial charge >= 0.3 is 0 Å². The van der Waals surface area contributed by atoms with Crippen LogP contribution in [0, 0.1) is 0 Å². The summed E-state index contributed by atoms with van der Waals surface area (Å²) >= 11 is 0. The van der Waals surface area contributed by atoms with E-state index in [2.05, 4.69) is 15.2 Å². The zero-order chi connectivity index (χ0) is 12.2.